The first kappa shape index (κ1) is 14.8. The fourth-order valence-corrected chi connectivity index (χ4v) is 2.16. The van der Waals surface area contributed by atoms with Gasteiger partial charge in [-0.2, -0.15) is 0 Å². The normalized spacial score (nSPS) is 10.2. The van der Waals surface area contributed by atoms with Crippen molar-refractivity contribution in [2.75, 3.05) is 29.0 Å². The number of nitrogens with two attached hydrogens (primary N) is 1. The lowest BCUT2D eigenvalue weighted by atomic mass is 10.2. The first-order valence-electron chi connectivity index (χ1n) is 7.01. The summed E-state index contributed by atoms with van der Waals surface area (Å²) in [5, 5.41) is 2.84. The molecule has 0 bridgehead atoms. The molecule has 1 amide bonds. The number of benzene rings is 1. The highest BCUT2D eigenvalue weighted by molar-refractivity contribution is 6.07. The number of nitrogens with zero attached hydrogens (tertiary/aromatic N) is 2. The zero-order valence-corrected chi connectivity index (χ0v) is 12.3. The van der Waals surface area contributed by atoms with Crippen molar-refractivity contribution in [1.29, 1.82) is 0 Å². The van der Waals surface area contributed by atoms with Crippen LogP contribution in [0.15, 0.2) is 42.7 Å². The highest BCUT2D eigenvalue weighted by atomic mass is 16.1. The van der Waals surface area contributed by atoms with Crippen LogP contribution in [-0.2, 0) is 0 Å². The summed E-state index contributed by atoms with van der Waals surface area (Å²) >= 11 is 0. The van der Waals surface area contributed by atoms with E-state index in [0.717, 1.165) is 24.5 Å². The Morgan fingerprint density at radius 1 is 1.19 bits per heavy atom. The van der Waals surface area contributed by atoms with Gasteiger partial charge in [0.1, 0.15) is 0 Å². The molecule has 21 heavy (non-hydrogen) atoms. The van der Waals surface area contributed by atoms with Crippen molar-refractivity contribution in [3.05, 3.63) is 48.3 Å². The zero-order valence-electron chi connectivity index (χ0n) is 12.3. The average Bonchev–Trinajstić information content (AvgIpc) is 2.50. The molecular weight excluding hydrogens is 264 g/mol. The van der Waals surface area contributed by atoms with Crippen LogP contribution in [0.3, 0.4) is 0 Å². The molecule has 5 nitrogen and oxygen atoms in total. The Kier molecular flexibility index (Phi) is 4.77. The molecule has 1 heterocycles. The molecule has 0 aliphatic rings. The third-order valence-electron chi connectivity index (χ3n) is 3.35. The van der Waals surface area contributed by atoms with Crippen LogP contribution in [-0.4, -0.2) is 24.0 Å². The van der Waals surface area contributed by atoms with Crippen LogP contribution in [0.2, 0.25) is 0 Å². The molecule has 5 heteroatoms. The van der Waals surface area contributed by atoms with E-state index in [4.69, 9.17) is 5.73 Å². The van der Waals surface area contributed by atoms with Crippen LogP contribution in [0.25, 0.3) is 0 Å². The van der Waals surface area contributed by atoms with Crippen molar-refractivity contribution in [3.8, 4) is 0 Å². The monoisotopic (exact) mass is 284 g/mol. The van der Waals surface area contributed by atoms with Gasteiger partial charge in [0.15, 0.2) is 0 Å². The average molecular weight is 284 g/mol. The van der Waals surface area contributed by atoms with Crippen LogP contribution < -0.4 is 16.0 Å². The molecule has 0 spiro atoms. The fraction of sp³-hybridized carbons (Fsp3) is 0.250. The third-order valence-corrected chi connectivity index (χ3v) is 3.35. The first-order valence-corrected chi connectivity index (χ1v) is 7.01. The van der Waals surface area contributed by atoms with Crippen LogP contribution in [0.1, 0.15) is 24.2 Å². The molecule has 0 aliphatic heterocycles. The van der Waals surface area contributed by atoms with Crippen molar-refractivity contribution in [2.24, 2.45) is 0 Å². The maximum atomic E-state index is 12.1. The SMILES string of the molecule is CCN(CC)c1ccc(NC(=O)c2ccncc2N)cc1. The number of hydrogen-bond donors (Lipinski definition) is 2. The van der Waals surface area contributed by atoms with Crippen molar-refractivity contribution in [1.82, 2.24) is 4.98 Å². The van der Waals surface area contributed by atoms with Gasteiger partial charge in [0.2, 0.25) is 0 Å². The summed E-state index contributed by atoms with van der Waals surface area (Å²) in [6.07, 6.45) is 3.02. The maximum Gasteiger partial charge on any atom is 0.257 e. The van der Waals surface area contributed by atoms with E-state index in [1.165, 1.54) is 6.20 Å². The minimum absolute atomic E-state index is 0.231. The van der Waals surface area contributed by atoms with E-state index < -0.39 is 0 Å². The predicted molar refractivity (Wildman–Crippen MR) is 86.6 cm³/mol. The second-order valence-electron chi connectivity index (χ2n) is 4.64. The van der Waals surface area contributed by atoms with E-state index in [1.807, 2.05) is 24.3 Å². The van der Waals surface area contributed by atoms with Gasteiger partial charge in [-0.15, -0.1) is 0 Å². The highest BCUT2D eigenvalue weighted by Gasteiger charge is 2.09. The Morgan fingerprint density at radius 3 is 2.43 bits per heavy atom. The number of aromatic nitrogens is 1. The second kappa shape index (κ2) is 6.74. The van der Waals surface area contributed by atoms with Gasteiger partial charge >= 0.3 is 0 Å². The number of anilines is 3. The van der Waals surface area contributed by atoms with Crippen LogP contribution >= 0.6 is 0 Å². The van der Waals surface area contributed by atoms with E-state index in [9.17, 15) is 4.79 Å². The van der Waals surface area contributed by atoms with Crippen LogP contribution in [0.4, 0.5) is 17.1 Å². The van der Waals surface area contributed by atoms with Crippen molar-refractivity contribution >= 4 is 23.0 Å². The van der Waals surface area contributed by atoms with Gasteiger partial charge in [-0.25, -0.2) is 0 Å². The minimum atomic E-state index is -0.231. The molecule has 0 saturated heterocycles. The molecule has 3 N–H and O–H groups in total. The number of nitrogen functional groups attached to an aromatic ring is 1. The third kappa shape index (κ3) is 3.51. The number of carbonyl (C=O) groups excluding carboxylic acids is 1. The Bertz CT molecular complexity index is 606. The summed E-state index contributed by atoms with van der Waals surface area (Å²) in [7, 11) is 0. The minimum Gasteiger partial charge on any atom is -0.397 e. The van der Waals surface area contributed by atoms with E-state index in [-0.39, 0.29) is 5.91 Å². The highest BCUT2D eigenvalue weighted by Crippen LogP contribution is 2.19. The molecule has 0 aliphatic carbocycles. The van der Waals surface area contributed by atoms with E-state index >= 15 is 0 Å². The molecule has 0 fully saturated rings. The maximum absolute atomic E-state index is 12.1. The standard InChI is InChI=1S/C16H20N4O/c1-3-20(4-2)13-7-5-12(6-8-13)19-16(21)14-9-10-18-11-15(14)17/h5-11H,3-4,17H2,1-2H3,(H,19,21). The van der Waals surface area contributed by atoms with Crippen molar-refractivity contribution in [3.63, 3.8) is 0 Å². The number of amides is 1. The second-order valence-corrected chi connectivity index (χ2v) is 4.64. The molecule has 2 rings (SSSR count). The van der Waals surface area contributed by atoms with Crippen molar-refractivity contribution in [2.45, 2.75) is 13.8 Å². The van der Waals surface area contributed by atoms with Gasteiger partial charge in [0.25, 0.3) is 5.91 Å². The number of hydrogen-bond acceptors (Lipinski definition) is 4. The molecule has 0 unspecified atom stereocenters. The number of rotatable bonds is 5. The van der Waals surface area contributed by atoms with Gasteiger partial charge in [0.05, 0.1) is 17.4 Å². The molecule has 0 radical (unpaired) electrons. The number of nitrogens with one attached hydrogen (secondary N) is 1. The first-order chi connectivity index (χ1) is 10.2. The van der Waals surface area contributed by atoms with E-state index in [2.05, 4.69) is 29.0 Å². The summed E-state index contributed by atoms with van der Waals surface area (Å²) in [4.78, 5) is 18.3. The molecule has 110 valence electrons. The topological polar surface area (TPSA) is 71.2 Å². The number of pyridine rings is 1. The largest absolute Gasteiger partial charge is 0.397 e. The summed E-state index contributed by atoms with van der Waals surface area (Å²) in [6.45, 7) is 6.14. The Labute approximate surface area is 124 Å². The van der Waals surface area contributed by atoms with E-state index in [0.29, 0.717) is 11.3 Å². The quantitative estimate of drug-likeness (QED) is 0.885. The molecule has 2 aromatic rings. The zero-order chi connectivity index (χ0) is 15.2. The molecule has 1 aromatic heterocycles. The molecule has 0 atom stereocenters. The summed E-state index contributed by atoms with van der Waals surface area (Å²) < 4.78 is 0. The Balaban J connectivity index is 2.10. The fourth-order valence-electron chi connectivity index (χ4n) is 2.16. The van der Waals surface area contributed by atoms with Gasteiger partial charge in [0, 0.05) is 30.7 Å². The summed E-state index contributed by atoms with van der Waals surface area (Å²) in [5.74, 6) is -0.231. The van der Waals surface area contributed by atoms with Crippen LogP contribution in [0.5, 0.6) is 0 Å². The lowest BCUT2D eigenvalue weighted by molar-refractivity contribution is 0.102. The van der Waals surface area contributed by atoms with Crippen LogP contribution in [0, 0.1) is 0 Å². The van der Waals surface area contributed by atoms with Gasteiger partial charge < -0.3 is 16.0 Å². The lowest BCUT2D eigenvalue weighted by Crippen LogP contribution is -2.21. The Hall–Kier alpha value is -2.56. The molecule has 0 saturated carbocycles. The van der Waals surface area contributed by atoms with Crippen molar-refractivity contribution < 1.29 is 4.79 Å². The van der Waals surface area contributed by atoms with Gasteiger partial charge in [-0.3, -0.25) is 9.78 Å². The predicted octanol–water partition coefficient (Wildman–Crippen LogP) is 2.76. The molecule has 1 aromatic carbocycles. The van der Waals surface area contributed by atoms with E-state index in [1.54, 1.807) is 12.3 Å². The van der Waals surface area contributed by atoms with Gasteiger partial charge in [-0.05, 0) is 44.2 Å². The summed E-state index contributed by atoms with van der Waals surface area (Å²) in [6, 6.07) is 9.39. The smallest absolute Gasteiger partial charge is 0.257 e. The lowest BCUT2D eigenvalue weighted by Gasteiger charge is -2.21. The number of carbonyl (C=O) groups is 1. The van der Waals surface area contributed by atoms with Gasteiger partial charge in [-0.1, -0.05) is 0 Å². The molecular formula is C16H20N4O. The Morgan fingerprint density at radius 2 is 1.86 bits per heavy atom. The summed E-state index contributed by atoms with van der Waals surface area (Å²) in [5.41, 5.74) is 8.43.